The van der Waals surface area contributed by atoms with Gasteiger partial charge in [0.1, 0.15) is 0 Å². The molecule has 5 nitrogen and oxygen atoms in total. The minimum atomic E-state index is -0.0377. The molecule has 0 aliphatic heterocycles. The number of hydrogen-bond acceptors (Lipinski definition) is 3. The molecule has 0 aromatic carbocycles. The Labute approximate surface area is 118 Å². The van der Waals surface area contributed by atoms with E-state index in [9.17, 15) is 4.79 Å². The molecule has 0 saturated heterocycles. The number of nitrogens with one attached hydrogen (secondary N) is 1. The summed E-state index contributed by atoms with van der Waals surface area (Å²) in [5, 5.41) is 7.02. The Kier molecular flexibility index (Phi) is 4.65. The average molecular weight is 270 g/mol. The maximum absolute atomic E-state index is 11.8. The third-order valence-electron chi connectivity index (χ3n) is 2.87. The smallest absolute Gasteiger partial charge is 0.246 e. The summed E-state index contributed by atoms with van der Waals surface area (Å²) in [6.45, 7) is 4.31. The van der Waals surface area contributed by atoms with Gasteiger partial charge in [0.05, 0.1) is 0 Å². The summed E-state index contributed by atoms with van der Waals surface area (Å²) in [6.07, 6.45) is 8.02. The van der Waals surface area contributed by atoms with Crippen molar-refractivity contribution in [3.05, 3.63) is 54.0 Å². The molecule has 0 atom stereocenters. The Morgan fingerprint density at radius 3 is 3.00 bits per heavy atom. The lowest BCUT2D eigenvalue weighted by Crippen LogP contribution is -2.23. The largest absolute Gasteiger partial charge is 0.348 e. The van der Waals surface area contributed by atoms with Crippen molar-refractivity contribution in [1.29, 1.82) is 0 Å². The third-order valence-corrected chi connectivity index (χ3v) is 2.87. The first-order valence-corrected chi connectivity index (χ1v) is 6.60. The summed E-state index contributed by atoms with van der Waals surface area (Å²) in [4.78, 5) is 16.1. The van der Waals surface area contributed by atoms with Gasteiger partial charge in [-0.05, 0) is 37.1 Å². The van der Waals surface area contributed by atoms with Crippen molar-refractivity contribution < 1.29 is 4.79 Å². The second kappa shape index (κ2) is 6.65. The molecule has 0 fully saturated rings. The van der Waals surface area contributed by atoms with Gasteiger partial charge >= 0.3 is 0 Å². The highest BCUT2D eigenvalue weighted by molar-refractivity contribution is 5.92. The van der Waals surface area contributed by atoms with Crippen LogP contribution in [-0.2, 0) is 11.3 Å². The van der Waals surface area contributed by atoms with Crippen LogP contribution >= 0.6 is 0 Å². The van der Waals surface area contributed by atoms with Crippen LogP contribution in [0.3, 0.4) is 0 Å². The van der Waals surface area contributed by atoms with Gasteiger partial charge in [0.2, 0.25) is 5.91 Å². The fourth-order valence-corrected chi connectivity index (χ4v) is 1.82. The predicted molar refractivity (Wildman–Crippen MR) is 77.3 cm³/mol. The summed E-state index contributed by atoms with van der Waals surface area (Å²) in [6, 6.07) is 5.63. The monoisotopic (exact) mass is 270 g/mol. The van der Waals surface area contributed by atoms with E-state index in [0.29, 0.717) is 6.54 Å². The fourth-order valence-electron chi connectivity index (χ4n) is 1.82. The van der Waals surface area contributed by atoms with E-state index in [2.05, 4.69) is 15.4 Å². The summed E-state index contributed by atoms with van der Waals surface area (Å²) in [5.41, 5.74) is 1.73. The topological polar surface area (TPSA) is 59.8 Å². The van der Waals surface area contributed by atoms with E-state index in [0.717, 1.165) is 23.4 Å². The van der Waals surface area contributed by atoms with Crippen LogP contribution in [0.5, 0.6) is 0 Å². The van der Waals surface area contributed by atoms with E-state index in [4.69, 9.17) is 0 Å². The van der Waals surface area contributed by atoms with E-state index >= 15 is 0 Å². The standard InChI is InChI=1S/C15H18N4O/c1-3-5-12(2)15(20)17-11-13-6-8-16-14(10-13)19-9-4-7-18-19/h4-10H,3,11H2,1-2H3,(H,17,20)/b12-5+. The van der Waals surface area contributed by atoms with Crippen molar-refractivity contribution in [1.82, 2.24) is 20.1 Å². The maximum Gasteiger partial charge on any atom is 0.246 e. The quantitative estimate of drug-likeness (QED) is 0.848. The number of aromatic nitrogens is 3. The third kappa shape index (κ3) is 3.54. The van der Waals surface area contributed by atoms with Crippen LogP contribution in [0.2, 0.25) is 0 Å². The molecule has 0 aliphatic rings. The number of amides is 1. The molecule has 1 amide bonds. The molecular formula is C15H18N4O. The molecule has 2 aromatic heterocycles. The van der Waals surface area contributed by atoms with Crippen molar-refractivity contribution >= 4 is 5.91 Å². The molecule has 0 bridgehead atoms. The lowest BCUT2D eigenvalue weighted by molar-refractivity contribution is -0.117. The molecule has 1 N–H and O–H groups in total. The molecule has 104 valence electrons. The normalized spacial score (nSPS) is 11.4. The number of allylic oxidation sites excluding steroid dienone is 1. The molecule has 0 radical (unpaired) electrons. The maximum atomic E-state index is 11.8. The van der Waals surface area contributed by atoms with E-state index in [1.807, 2.05) is 44.3 Å². The van der Waals surface area contributed by atoms with Gasteiger partial charge in [0.25, 0.3) is 0 Å². The predicted octanol–water partition coefficient (Wildman–Crippen LogP) is 2.24. The summed E-state index contributed by atoms with van der Waals surface area (Å²) >= 11 is 0. The van der Waals surface area contributed by atoms with E-state index < -0.39 is 0 Å². The van der Waals surface area contributed by atoms with Gasteiger partial charge < -0.3 is 5.32 Å². The number of carbonyl (C=O) groups is 1. The zero-order valence-corrected chi connectivity index (χ0v) is 11.7. The molecule has 0 aliphatic carbocycles. The highest BCUT2D eigenvalue weighted by atomic mass is 16.1. The summed E-state index contributed by atoms with van der Waals surface area (Å²) in [5.74, 6) is 0.701. The fraction of sp³-hybridized carbons (Fsp3) is 0.267. The van der Waals surface area contributed by atoms with Gasteiger partial charge in [-0.1, -0.05) is 13.0 Å². The lowest BCUT2D eigenvalue weighted by Gasteiger charge is -2.07. The molecule has 5 heteroatoms. The van der Waals surface area contributed by atoms with Crippen LogP contribution in [0.1, 0.15) is 25.8 Å². The number of nitrogens with zero attached hydrogens (tertiary/aromatic N) is 3. The number of rotatable bonds is 5. The first-order chi connectivity index (χ1) is 9.70. The van der Waals surface area contributed by atoms with Crippen LogP contribution in [-0.4, -0.2) is 20.7 Å². The molecule has 2 heterocycles. The van der Waals surface area contributed by atoms with Crippen molar-refractivity contribution in [2.75, 3.05) is 0 Å². The van der Waals surface area contributed by atoms with Crippen LogP contribution in [0, 0.1) is 0 Å². The highest BCUT2D eigenvalue weighted by Gasteiger charge is 2.04. The molecule has 2 aromatic rings. The first kappa shape index (κ1) is 14.0. The Hall–Kier alpha value is -2.43. The van der Waals surface area contributed by atoms with E-state index in [1.54, 1.807) is 17.1 Å². The summed E-state index contributed by atoms with van der Waals surface area (Å²) in [7, 11) is 0. The Bertz CT molecular complexity index is 602. The zero-order chi connectivity index (χ0) is 14.4. The minimum Gasteiger partial charge on any atom is -0.348 e. The van der Waals surface area contributed by atoms with Crippen molar-refractivity contribution in [3.63, 3.8) is 0 Å². The van der Waals surface area contributed by atoms with Gasteiger partial charge in [0.15, 0.2) is 5.82 Å². The SMILES string of the molecule is CC/C=C(\C)C(=O)NCc1ccnc(-n2cccn2)c1. The Morgan fingerprint density at radius 1 is 1.45 bits per heavy atom. The lowest BCUT2D eigenvalue weighted by atomic mass is 10.2. The van der Waals surface area contributed by atoms with Crippen molar-refractivity contribution in [3.8, 4) is 5.82 Å². The van der Waals surface area contributed by atoms with Gasteiger partial charge in [-0.15, -0.1) is 0 Å². The van der Waals surface area contributed by atoms with Crippen molar-refractivity contribution in [2.45, 2.75) is 26.8 Å². The second-order valence-corrected chi connectivity index (χ2v) is 4.45. The average Bonchev–Trinajstić information content (AvgIpc) is 2.99. The van der Waals surface area contributed by atoms with Gasteiger partial charge in [-0.3, -0.25) is 4.79 Å². The van der Waals surface area contributed by atoms with Crippen LogP contribution in [0.25, 0.3) is 5.82 Å². The number of carbonyl (C=O) groups excluding carboxylic acids is 1. The van der Waals surface area contributed by atoms with Crippen LogP contribution in [0.4, 0.5) is 0 Å². The molecule has 2 rings (SSSR count). The van der Waals surface area contributed by atoms with Crippen LogP contribution in [0.15, 0.2) is 48.4 Å². The molecule has 0 spiro atoms. The second-order valence-electron chi connectivity index (χ2n) is 4.45. The highest BCUT2D eigenvalue weighted by Crippen LogP contribution is 2.06. The van der Waals surface area contributed by atoms with Gasteiger partial charge in [0, 0.05) is 30.7 Å². The number of pyridine rings is 1. The zero-order valence-electron chi connectivity index (χ0n) is 11.7. The van der Waals surface area contributed by atoms with Crippen molar-refractivity contribution in [2.24, 2.45) is 0 Å². The minimum absolute atomic E-state index is 0.0377. The van der Waals surface area contributed by atoms with E-state index in [-0.39, 0.29) is 5.91 Å². The molecule has 20 heavy (non-hydrogen) atoms. The first-order valence-electron chi connectivity index (χ1n) is 6.60. The Balaban J connectivity index is 2.02. The van der Waals surface area contributed by atoms with Gasteiger partial charge in [-0.25, -0.2) is 9.67 Å². The Morgan fingerprint density at radius 2 is 2.30 bits per heavy atom. The molecule has 0 saturated carbocycles. The van der Waals surface area contributed by atoms with E-state index in [1.165, 1.54) is 0 Å². The van der Waals surface area contributed by atoms with Crippen LogP contribution < -0.4 is 5.32 Å². The molecule has 0 unspecified atom stereocenters. The summed E-state index contributed by atoms with van der Waals surface area (Å²) < 4.78 is 1.69. The van der Waals surface area contributed by atoms with Gasteiger partial charge in [-0.2, -0.15) is 5.10 Å². The molecular weight excluding hydrogens is 252 g/mol. The number of hydrogen-bond donors (Lipinski definition) is 1.